The Morgan fingerprint density at radius 3 is 2.63 bits per heavy atom. The maximum Gasteiger partial charge on any atom is 0.410 e. The van der Waals surface area contributed by atoms with Crippen molar-refractivity contribution < 1.29 is 18.7 Å². The number of rotatable bonds is 4. The molecular weight excluding hydrogens is 249 g/mol. The van der Waals surface area contributed by atoms with E-state index in [1.54, 1.807) is 4.90 Å². The third-order valence-electron chi connectivity index (χ3n) is 3.32. The second kappa shape index (κ2) is 6.55. The van der Waals surface area contributed by atoms with Crippen molar-refractivity contribution in [1.29, 1.82) is 0 Å². The molecule has 1 rings (SSSR count). The molecule has 0 aromatic rings. The fraction of sp³-hybridized carbons (Fsp3) is 0.929. The van der Waals surface area contributed by atoms with Gasteiger partial charge in [-0.2, -0.15) is 0 Å². The molecule has 1 heterocycles. The van der Waals surface area contributed by atoms with E-state index in [0.717, 1.165) is 19.3 Å². The number of alkyl halides is 1. The molecule has 0 aromatic heterocycles. The third-order valence-corrected chi connectivity index (χ3v) is 3.32. The fourth-order valence-corrected chi connectivity index (χ4v) is 2.34. The van der Waals surface area contributed by atoms with Gasteiger partial charge in [0.15, 0.2) is 0 Å². The summed E-state index contributed by atoms with van der Waals surface area (Å²) in [5.41, 5.74) is -0.912. The smallest absolute Gasteiger partial charge is 0.410 e. The monoisotopic (exact) mass is 275 g/mol. The van der Waals surface area contributed by atoms with E-state index in [9.17, 15) is 9.18 Å². The molecule has 1 amide bonds. The van der Waals surface area contributed by atoms with Crippen LogP contribution >= 0.6 is 0 Å². The minimum atomic E-state index is -0.497. The minimum absolute atomic E-state index is 0.0933. The number of amides is 1. The Kier molecular flexibility index (Phi) is 5.59. The van der Waals surface area contributed by atoms with Crippen molar-refractivity contribution in [2.75, 3.05) is 26.4 Å². The molecule has 1 unspecified atom stereocenters. The van der Waals surface area contributed by atoms with Crippen LogP contribution in [0.3, 0.4) is 0 Å². The Morgan fingerprint density at radius 2 is 2.11 bits per heavy atom. The summed E-state index contributed by atoms with van der Waals surface area (Å²) in [6, 6.07) is 0. The average Bonchev–Trinajstić information content (AvgIpc) is 2.34. The summed E-state index contributed by atoms with van der Waals surface area (Å²) in [4.78, 5) is 13.7. The molecule has 0 N–H and O–H groups in total. The van der Waals surface area contributed by atoms with Crippen LogP contribution in [-0.2, 0) is 9.47 Å². The van der Waals surface area contributed by atoms with E-state index in [1.165, 1.54) is 0 Å². The average molecular weight is 275 g/mol. The molecule has 1 aliphatic heterocycles. The molecule has 0 aliphatic carbocycles. The zero-order valence-electron chi connectivity index (χ0n) is 12.5. The van der Waals surface area contributed by atoms with Gasteiger partial charge in [-0.1, -0.05) is 6.92 Å². The van der Waals surface area contributed by atoms with Gasteiger partial charge in [-0.05, 0) is 40.0 Å². The van der Waals surface area contributed by atoms with Crippen LogP contribution in [0, 0.1) is 0 Å². The van der Waals surface area contributed by atoms with Gasteiger partial charge in [-0.3, -0.25) is 0 Å². The number of hydrogen-bond donors (Lipinski definition) is 0. The molecule has 19 heavy (non-hydrogen) atoms. The Morgan fingerprint density at radius 1 is 1.42 bits per heavy atom. The lowest BCUT2D eigenvalue weighted by molar-refractivity contribution is -0.0957. The van der Waals surface area contributed by atoms with Gasteiger partial charge in [-0.25, -0.2) is 9.18 Å². The van der Waals surface area contributed by atoms with E-state index < -0.39 is 17.9 Å². The van der Waals surface area contributed by atoms with E-state index in [2.05, 4.69) is 0 Å². The molecule has 1 atom stereocenters. The lowest BCUT2D eigenvalue weighted by Gasteiger charge is -2.42. The highest BCUT2D eigenvalue weighted by molar-refractivity contribution is 5.68. The summed E-state index contributed by atoms with van der Waals surface area (Å²) in [5.74, 6) is 0. The van der Waals surface area contributed by atoms with Gasteiger partial charge in [-0.15, -0.1) is 0 Å². The number of halogens is 1. The molecule has 0 bridgehead atoms. The van der Waals surface area contributed by atoms with Crippen LogP contribution in [0.2, 0.25) is 0 Å². The molecule has 0 aromatic carbocycles. The highest BCUT2D eigenvalue weighted by atomic mass is 19.1. The number of ether oxygens (including phenoxy) is 2. The molecule has 112 valence electrons. The van der Waals surface area contributed by atoms with E-state index >= 15 is 0 Å². The minimum Gasteiger partial charge on any atom is -0.444 e. The van der Waals surface area contributed by atoms with Crippen molar-refractivity contribution in [1.82, 2.24) is 4.90 Å². The van der Waals surface area contributed by atoms with Crippen molar-refractivity contribution in [3.63, 3.8) is 0 Å². The van der Waals surface area contributed by atoms with Crippen LogP contribution in [-0.4, -0.2) is 48.6 Å². The molecular formula is C14H26FNO3. The molecule has 0 spiro atoms. The number of carbonyl (C=O) groups excluding carboxylic acids is 1. The van der Waals surface area contributed by atoms with Crippen molar-refractivity contribution in [2.45, 2.75) is 58.2 Å². The number of carbonyl (C=O) groups is 1. The molecule has 0 radical (unpaired) electrons. The predicted octanol–water partition coefficient (Wildman–Crippen LogP) is 3.15. The second-order valence-corrected chi connectivity index (χ2v) is 6.08. The number of nitrogens with zero attached hydrogens (tertiary/aromatic N) is 1. The number of hydrogen-bond acceptors (Lipinski definition) is 3. The van der Waals surface area contributed by atoms with Crippen LogP contribution in [0.1, 0.15) is 47.0 Å². The van der Waals surface area contributed by atoms with Crippen molar-refractivity contribution in [3.05, 3.63) is 0 Å². The zero-order valence-corrected chi connectivity index (χ0v) is 12.5. The van der Waals surface area contributed by atoms with Crippen molar-refractivity contribution >= 4 is 6.09 Å². The van der Waals surface area contributed by atoms with Crippen molar-refractivity contribution in [3.8, 4) is 0 Å². The largest absolute Gasteiger partial charge is 0.444 e. The SMILES string of the molecule is CCC1(OCCF)CCCN(C(=O)OC(C)(C)C)C1. The first-order valence-corrected chi connectivity index (χ1v) is 7.00. The predicted molar refractivity (Wildman–Crippen MR) is 72.0 cm³/mol. The third kappa shape index (κ3) is 4.97. The Hall–Kier alpha value is -0.840. The lowest BCUT2D eigenvalue weighted by Crippen LogP contribution is -2.52. The summed E-state index contributed by atoms with van der Waals surface area (Å²) in [6.45, 7) is 8.32. The number of piperidine rings is 1. The fourth-order valence-electron chi connectivity index (χ4n) is 2.34. The van der Waals surface area contributed by atoms with E-state index in [-0.39, 0.29) is 12.7 Å². The van der Waals surface area contributed by atoms with Gasteiger partial charge in [0.1, 0.15) is 12.3 Å². The van der Waals surface area contributed by atoms with Gasteiger partial charge in [0.2, 0.25) is 0 Å². The zero-order chi connectivity index (χ0) is 14.5. The van der Waals surface area contributed by atoms with Gasteiger partial charge in [0.05, 0.1) is 18.8 Å². The molecule has 5 heteroatoms. The highest BCUT2D eigenvalue weighted by Crippen LogP contribution is 2.29. The van der Waals surface area contributed by atoms with Gasteiger partial charge < -0.3 is 14.4 Å². The summed E-state index contributed by atoms with van der Waals surface area (Å²) in [7, 11) is 0. The Bertz CT molecular complexity index is 304. The maximum absolute atomic E-state index is 12.3. The molecule has 1 fully saturated rings. The number of likely N-dealkylation sites (tertiary alicyclic amines) is 1. The first kappa shape index (κ1) is 16.2. The van der Waals surface area contributed by atoms with Crippen LogP contribution in [0.15, 0.2) is 0 Å². The first-order valence-electron chi connectivity index (χ1n) is 7.00. The highest BCUT2D eigenvalue weighted by Gasteiger charge is 2.37. The summed E-state index contributed by atoms with van der Waals surface area (Å²) in [6.07, 6.45) is 2.18. The lowest BCUT2D eigenvalue weighted by atomic mass is 9.90. The summed E-state index contributed by atoms with van der Waals surface area (Å²) < 4.78 is 23.3. The maximum atomic E-state index is 12.3. The van der Waals surface area contributed by atoms with Gasteiger partial charge >= 0.3 is 6.09 Å². The van der Waals surface area contributed by atoms with Crippen LogP contribution < -0.4 is 0 Å². The quantitative estimate of drug-likeness (QED) is 0.791. The van der Waals surface area contributed by atoms with Crippen LogP contribution in [0.5, 0.6) is 0 Å². The Balaban J connectivity index is 2.64. The van der Waals surface area contributed by atoms with E-state index in [1.807, 2.05) is 27.7 Å². The molecule has 0 saturated carbocycles. The van der Waals surface area contributed by atoms with E-state index in [0.29, 0.717) is 13.1 Å². The molecule has 1 aliphatic rings. The van der Waals surface area contributed by atoms with Gasteiger partial charge in [0, 0.05) is 6.54 Å². The second-order valence-electron chi connectivity index (χ2n) is 6.08. The van der Waals surface area contributed by atoms with Crippen LogP contribution in [0.4, 0.5) is 9.18 Å². The van der Waals surface area contributed by atoms with E-state index in [4.69, 9.17) is 9.47 Å². The first-order chi connectivity index (χ1) is 8.82. The summed E-state index contributed by atoms with van der Waals surface area (Å²) >= 11 is 0. The summed E-state index contributed by atoms with van der Waals surface area (Å²) in [5, 5.41) is 0. The van der Waals surface area contributed by atoms with Gasteiger partial charge in [0.25, 0.3) is 0 Å². The van der Waals surface area contributed by atoms with Crippen LogP contribution in [0.25, 0.3) is 0 Å². The molecule has 1 saturated heterocycles. The van der Waals surface area contributed by atoms with Crippen molar-refractivity contribution in [2.24, 2.45) is 0 Å². The normalized spacial score (nSPS) is 24.4. The standard InChI is InChI=1S/C14H26FNO3/c1-5-14(18-10-8-15)7-6-9-16(11-14)12(17)19-13(2,3)4/h5-11H2,1-4H3. The Labute approximate surface area is 115 Å². The molecule has 4 nitrogen and oxygen atoms in total. The topological polar surface area (TPSA) is 38.8 Å².